The molecule has 1 unspecified atom stereocenters. The monoisotopic (exact) mass is 436 g/mol. The molecule has 0 N–H and O–H groups in total. The fourth-order valence-corrected chi connectivity index (χ4v) is 7.62. The van der Waals surface area contributed by atoms with E-state index in [-0.39, 0.29) is 0 Å². The Morgan fingerprint density at radius 2 is 1.35 bits per heavy atom. The molecule has 168 valence electrons. The molecule has 3 rings (SSSR count). The average Bonchev–Trinajstić information content (AvgIpc) is 2.84. The third-order valence-corrected chi connectivity index (χ3v) is 9.63. The van der Waals surface area contributed by atoms with Crippen molar-refractivity contribution in [2.45, 2.75) is 71.1 Å². The zero-order valence-corrected chi connectivity index (χ0v) is 20.3. The standard InChI is InChI=1S/C28H40O2Si/c1-2-3-4-5-6-7-17-24-29-31(27-20-13-9-14-21-27,28-22-15-10-16-23-28)30-25-26-18-11-8-12-19-26/h8-11,13-16,20-23,26H,2-7,12,17-19,24-25H2,1H3. The maximum absolute atomic E-state index is 6.88. The highest BCUT2D eigenvalue weighted by Crippen LogP contribution is 2.21. The molecule has 1 aliphatic carbocycles. The molecule has 2 aromatic carbocycles. The van der Waals surface area contributed by atoms with Crippen molar-refractivity contribution in [1.82, 2.24) is 0 Å². The van der Waals surface area contributed by atoms with Crippen molar-refractivity contribution >= 4 is 18.9 Å². The molecular formula is C28H40O2Si. The van der Waals surface area contributed by atoms with Gasteiger partial charge in [-0.05, 0) is 42.0 Å². The number of rotatable bonds is 14. The summed E-state index contributed by atoms with van der Waals surface area (Å²) >= 11 is 0. The van der Waals surface area contributed by atoms with Gasteiger partial charge < -0.3 is 8.85 Å². The van der Waals surface area contributed by atoms with E-state index in [0.717, 1.165) is 32.5 Å². The third-order valence-electron chi connectivity index (χ3n) is 6.26. The van der Waals surface area contributed by atoms with E-state index in [1.165, 1.54) is 55.3 Å². The van der Waals surface area contributed by atoms with Crippen LogP contribution in [-0.4, -0.2) is 21.8 Å². The first kappa shape index (κ1) is 24.0. The number of unbranched alkanes of at least 4 members (excludes halogenated alkanes) is 6. The highest BCUT2D eigenvalue weighted by Gasteiger charge is 2.43. The van der Waals surface area contributed by atoms with Crippen LogP contribution in [0.1, 0.15) is 71.1 Å². The Morgan fingerprint density at radius 3 is 1.94 bits per heavy atom. The van der Waals surface area contributed by atoms with Gasteiger partial charge in [0.05, 0.1) is 0 Å². The second-order valence-corrected chi connectivity index (χ2v) is 11.7. The third kappa shape index (κ3) is 7.45. The van der Waals surface area contributed by atoms with E-state index in [1.54, 1.807) is 0 Å². The van der Waals surface area contributed by atoms with Gasteiger partial charge in [-0.15, -0.1) is 0 Å². The van der Waals surface area contributed by atoms with Crippen molar-refractivity contribution in [3.63, 3.8) is 0 Å². The summed E-state index contributed by atoms with van der Waals surface area (Å²) in [6, 6.07) is 21.4. The minimum Gasteiger partial charge on any atom is -0.388 e. The summed E-state index contributed by atoms with van der Waals surface area (Å²) in [7, 11) is -2.74. The van der Waals surface area contributed by atoms with Crippen molar-refractivity contribution in [3.8, 4) is 0 Å². The van der Waals surface area contributed by atoms with Crippen LogP contribution >= 0.6 is 0 Å². The summed E-state index contributed by atoms with van der Waals surface area (Å²) in [6.07, 6.45) is 17.1. The van der Waals surface area contributed by atoms with Crippen LogP contribution < -0.4 is 10.4 Å². The van der Waals surface area contributed by atoms with E-state index < -0.39 is 8.56 Å². The number of hydrogen-bond acceptors (Lipinski definition) is 2. The molecule has 2 aromatic rings. The molecule has 3 heteroatoms. The van der Waals surface area contributed by atoms with Crippen LogP contribution in [0.4, 0.5) is 0 Å². The molecule has 0 fully saturated rings. The fraction of sp³-hybridized carbons (Fsp3) is 0.500. The Hall–Kier alpha value is -1.68. The minimum absolute atomic E-state index is 0.589. The average molecular weight is 437 g/mol. The lowest BCUT2D eigenvalue weighted by atomic mass is 9.96. The quantitative estimate of drug-likeness (QED) is 0.194. The molecule has 0 bridgehead atoms. The van der Waals surface area contributed by atoms with E-state index in [4.69, 9.17) is 8.85 Å². The van der Waals surface area contributed by atoms with Crippen LogP contribution in [-0.2, 0) is 8.85 Å². The molecule has 0 heterocycles. The molecule has 0 saturated carbocycles. The lowest BCUT2D eigenvalue weighted by Gasteiger charge is -2.33. The van der Waals surface area contributed by atoms with E-state index in [0.29, 0.717) is 5.92 Å². The van der Waals surface area contributed by atoms with Gasteiger partial charge in [0.15, 0.2) is 0 Å². The summed E-state index contributed by atoms with van der Waals surface area (Å²) in [5, 5.41) is 2.44. The molecular weight excluding hydrogens is 396 g/mol. The largest absolute Gasteiger partial charge is 0.407 e. The van der Waals surface area contributed by atoms with Crippen LogP contribution in [0.5, 0.6) is 0 Å². The second-order valence-electron chi connectivity index (χ2n) is 8.78. The van der Waals surface area contributed by atoms with Gasteiger partial charge in [-0.2, -0.15) is 0 Å². The second kappa shape index (κ2) is 13.7. The molecule has 0 aliphatic heterocycles. The predicted molar refractivity (Wildman–Crippen MR) is 134 cm³/mol. The topological polar surface area (TPSA) is 18.5 Å². The highest BCUT2D eigenvalue weighted by molar-refractivity contribution is 6.92. The summed E-state index contributed by atoms with van der Waals surface area (Å²) in [6.45, 7) is 3.82. The van der Waals surface area contributed by atoms with Crippen LogP contribution in [0.2, 0.25) is 0 Å². The Kier molecular flexibility index (Phi) is 10.6. The smallest absolute Gasteiger partial charge is 0.388 e. The van der Waals surface area contributed by atoms with Gasteiger partial charge in [0, 0.05) is 13.2 Å². The van der Waals surface area contributed by atoms with Crippen LogP contribution in [0.3, 0.4) is 0 Å². The van der Waals surface area contributed by atoms with E-state index in [2.05, 4.69) is 79.7 Å². The zero-order chi connectivity index (χ0) is 21.6. The summed E-state index contributed by atoms with van der Waals surface area (Å²) in [5.74, 6) is 0.589. The lowest BCUT2D eigenvalue weighted by molar-refractivity contribution is 0.158. The zero-order valence-electron chi connectivity index (χ0n) is 19.3. The Bertz CT molecular complexity index is 705. The van der Waals surface area contributed by atoms with Gasteiger partial charge in [-0.25, -0.2) is 0 Å². The summed E-state index contributed by atoms with van der Waals surface area (Å²) in [4.78, 5) is 0. The van der Waals surface area contributed by atoms with Gasteiger partial charge in [0.2, 0.25) is 0 Å². The van der Waals surface area contributed by atoms with Crippen molar-refractivity contribution < 1.29 is 8.85 Å². The molecule has 0 radical (unpaired) electrons. The van der Waals surface area contributed by atoms with Crippen molar-refractivity contribution in [2.75, 3.05) is 13.2 Å². The lowest BCUT2D eigenvalue weighted by Crippen LogP contribution is -2.64. The van der Waals surface area contributed by atoms with Crippen molar-refractivity contribution in [1.29, 1.82) is 0 Å². The van der Waals surface area contributed by atoms with Crippen molar-refractivity contribution in [2.24, 2.45) is 5.92 Å². The number of allylic oxidation sites excluding steroid dienone is 2. The van der Waals surface area contributed by atoms with Crippen LogP contribution in [0, 0.1) is 5.92 Å². The summed E-state index contributed by atoms with van der Waals surface area (Å²) in [5.41, 5.74) is 0. The van der Waals surface area contributed by atoms with Crippen LogP contribution in [0.15, 0.2) is 72.8 Å². The van der Waals surface area contributed by atoms with Gasteiger partial charge in [0.25, 0.3) is 0 Å². The van der Waals surface area contributed by atoms with E-state index in [9.17, 15) is 0 Å². The molecule has 1 aliphatic rings. The van der Waals surface area contributed by atoms with E-state index in [1.807, 2.05) is 0 Å². The van der Waals surface area contributed by atoms with Gasteiger partial charge >= 0.3 is 8.56 Å². The maximum atomic E-state index is 6.88. The van der Waals surface area contributed by atoms with Gasteiger partial charge in [-0.3, -0.25) is 0 Å². The normalized spacial score (nSPS) is 16.5. The summed E-state index contributed by atoms with van der Waals surface area (Å²) < 4.78 is 13.7. The molecule has 1 atom stereocenters. The minimum atomic E-state index is -2.74. The SMILES string of the molecule is CCCCCCCCCO[Si](OCC1CC=CCC1)(c1ccccc1)c1ccccc1. The van der Waals surface area contributed by atoms with Gasteiger partial charge in [0.1, 0.15) is 0 Å². The predicted octanol–water partition coefficient (Wildman–Crippen LogP) is 6.38. The van der Waals surface area contributed by atoms with Crippen molar-refractivity contribution in [3.05, 3.63) is 72.8 Å². The number of hydrogen-bond donors (Lipinski definition) is 0. The molecule has 0 saturated heterocycles. The first-order valence-electron chi connectivity index (χ1n) is 12.4. The Balaban J connectivity index is 1.71. The first-order valence-corrected chi connectivity index (χ1v) is 14.2. The Labute approximate surface area is 190 Å². The highest BCUT2D eigenvalue weighted by atomic mass is 28.4. The Morgan fingerprint density at radius 1 is 0.742 bits per heavy atom. The molecule has 2 nitrogen and oxygen atoms in total. The molecule has 0 aromatic heterocycles. The molecule has 0 amide bonds. The van der Waals surface area contributed by atoms with Gasteiger partial charge in [-0.1, -0.05) is 118 Å². The first-order chi connectivity index (χ1) is 15.3. The number of benzene rings is 2. The molecule has 31 heavy (non-hydrogen) atoms. The van der Waals surface area contributed by atoms with E-state index >= 15 is 0 Å². The molecule has 0 spiro atoms. The van der Waals surface area contributed by atoms with Crippen LogP contribution in [0.25, 0.3) is 0 Å². The maximum Gasteiger partial charge on any atom is 0.407 e. The fourth-order valence-electron chi connectivity index (χ4n) is 4.37.